The Morgan fingerprint density at radius 1 is 1.12 bits per heavy atom. The van der Waals surface area contributed by atoms with Gasteiger partial charge in [-0.3, -0.25) is 4.79 Å². The van der Waals surface area contributed by atoms with E-state index in [1.807, 2.05) is 24.8 Å². The molecule has 0 N–H and O–H groups in total. The van der Waals surface area contributed by atoms with Crippen molar-refractivity contribution < 1.29 is 14.3 Å². The minimum absolute atomic E-state index is 0.0698. The van der Waals surface area contributed by atoms with Crippen LogP contribution < -0.4 is 4.90 Å². The SMILES string of the molecule is CCOC(=O)c1ccc(N2CCCN(C(=O)c3sc4nc(C5CC5)nc(C)c4c3C)CC2)nc1. The molecule has 0 atom stereocenters. The number of carbonyl (C=O) groups is 2. The lowest BCUT2D eigenvalue weighted by Crippen LogP contribution is -2.35. The molecule has 1 amide bonds. The molecule has 1 saturated heterocycles. The Balaban J connectivity index is 1.30. The van der Waals surface area contributed by atoms with Crippen LogP contribution in [0.1, 0.15) is 69.2 Å². The number of hydrogen-bond acceptors (Lipinski definition) is 8. The molecule has 4 heterocycles. The van der Waals surface area contributed by atoms with Crippen LogP contribution in [0.25, 0.3) is 10.2 Å². The van der Waals surface area contributed by atoms with Gasteiger partial charge in [0.2, 0.25) is 0 Å². The smallest absolute Gasteiger partial charge is 0.339 e. The Morgan fingerprint density at radius 3 is 2.65 bits per heavy atom. The highest BCUT2D eigenvalue weighted by Crippen LogP contribution is 2.40. The van der Waals surface area contributed by atoms with Gasteiger partial charge in [-0.2, -0.15) is 0 Å². The fraction of sp³-hybridized carbons (Fsp3) is 0.480. The predicted octanol–water partition coefficient (Wildman–Crippen LogP) is 4.11. The fourth-order valence-electron chi connectivity index (χ4n) is 4.49. The van der Waals surface area contributed by atoms with E-state index in [9.17, 15) is 9.59 Å². The number of aryl methyl sites for hydroxylation is 2. The third-order valence-corrected chi connectivity index (χ3v) is 7.66. The van der Waals surface area contributed by atoms with E-state index in [4.69, 9.17) is 14.7 Å². The standard InChI is InChI=1S/C25H29N5O3S/c1-4-33-25(32)18-8-9-19(26-14-18)29-10-5-11-30(13-12-29)24(31)21-15(2)20-16(3)27-22(17-6-7-17)28-23(20)34-21/h8-9,14,17H,4-7,10-13H2,1-3H3. The molecule has 0 bridgehead atoms. The van der Waals surface area contributed by atoms with Crippen molar-refractivity contribution >= 4 is 39.2 Å². The van der Waals surface area contributed by atoms with E-state index in [1.54, 1.807) is 19.2 Å². The van der Waals surface area contributed by atoms with Gasteiger partial charge in [0.05, 0.1) is 22.7 Å². The second-order valence-electron chi connectivity index (χ2n) is 8.94. The topological polar surface area (TPSA) is 88.5 Å². The summed E-state index contributed by atoms with van der Waals surface area (Å²) in [5, 5.41) is 1.03. The third-order valence-electron chi connectivity index (χ3n) is 6.49. The number of ether oxygens (including phenoxy) is 1. The lowest BCUT2D eigenvalue weighted by atomic mass is 10.1. The van der Waals surface area contributed by atoms with Crippen molar-refractivity contribution in [1.29, 1.82) is 0 Å². The van der Waals surface area contributed by atoms with E-state index in [0.717, 1.165) is 63.8 Å². The van der Waals surface area contributed by atoms with Gasteiger partial charge in [-0.1, -0.05) is 0 Å². The molecular weight excluding hydrogens is 450 g/mol. The first-order chi connectivity index (χ1) is 16.5. The molecule has 8 nitrogen and oxygen atoms in total. The van der Waals surface area contributed by atoms with E-state index in [2.05, 4.69) is 9.88 Å². The number of esters is 1. The maximum absolute atomic E-state index is 13.5. The van der Waals surface area contributed by atoms with Gasteiger partial charge in [-0.05, 0) is 57.7 Å². The van der Waals surface area contributed by atoms with Crippen LogP contribution in [0.4, 0.5) is 5.82 Å². The van der Waals surface area contributed by atoms with Crippen LogP contribution in [-0.2, 0) is 4.74 Å². The quantitative estimate of drug-likeness (QED) is 0.509. The lowest BCUT2D eigenvalue weighted by molar-refractivity contribution is 0.0525. The third kappa shape index (κ3) is 4.36. The van der Waals surface area contributed by atoms with E-state index >= 15 is 0 Å². The highest BCUT2D eigenvalue weighted by molar-refractivity contribution is 7.20. The number of hydrogen-bond donors (Lipinski definition) is 0. The van der Waals surface area contributed by atoms with E-state index < -0.39 is 0 Å². The van der Waals surface area contributed by atoms with Crippen molar-refractivity contribution in [3.63, 3.8) is 0 Å². The normalized spacial score (nSPS) is 16.6. The molecule has 34 heavy (non-hydrogen) atoms. The molecule has 1 saturated carbocycles. The Bertz CT molecular complexity index is 1240. The average Bonchev–Trinajstić information content (AvgIpc) is 3.65. The van der Waals surface area contributed by atoms with Gasteiger partial charge >= 0.3 is 5.97 Å². The monoisotopic (exact) mass is 479 g/mol. The Morgan fingerprint density at radius 2 is 1.94 bits per heavy atom. The Hall–Kier alpha value is -3.07. The maximum atomic E-state index is 13.5. The summed E-state index contributed by atoms with van der Waals surface area (Å²) in [7, 11) is 0. The minimum atomic E-state index is -0.364. The molecule has 3 aromatic rings. The first-order valence-corrected chi connectivity index (χ1v) is 12.7. The molecule has 1 aliphatic heterocycles. The highest BCUT2D eigenvalue weighted by atomic mass is 32.1. The molecular formula is C25H29N5O3S. The molecule has 2 aliphatic rings. The summed E-state index contributed by atoms with van der Waals surface area (Å²) >= 11 is 1.50. The number of aromatic nitrogens is 3. The molecule has 3 aromatic heterocycles. The number of anilines is 1. The van der Waals surface area contributed by atoms with Crippen LogP contribution in [0.15, 0.2) is 18.3 Å². The second-order valence-corrected chi connectivity index (χ2v) is 9.94. The van der Waals surface area contributed by atoms with Crippen LogP contribution in [-0.4, -0.2) is 64.5 Å². The van der Waals surface area contributed by atoms with Crippen LogP contribution in [0.5, 0.6) is 0 Å². The number of pyridine rings is 1. The van der Waals surface area contributed by atoms with Crippen LogP contribution in [0.2, 0.25) is 0 Å². The summed E-state index contributed by atoms with van der Waals surface area (Å²) in [6, 6.07) is 3.59. The Labute approximate surface area is 203 Å². The van der Waals surface area contributed by atoms with Gasteiger partial charge in [-0.25, -0.2) is 19.7 Å². The number of thiophene rings is 1. The summed E-state index contributed by atoms with van der Waals surface area (Å²) in [5.41, 5.74) is 2.40. The van der Waals surface area contributed by atoms with E-state index in [0.29, 0.717) is 37.7 Å². The summed E-state index contributed by atoms with van der Waals surface area (Å²) in [5.74, 6) is 1.93. The molecule has 0 radical (unpaired) electrons. The second kappa shape index (κ2) is 9.29. The molecule has 5 rings (SSSR count). The van der Waals surface area contributed by atoms with Crippen LogP contribution in [0.3, 0.4) is 0 Å². The zero-order valence-corrected chi connectivity index (χ0v) is 20.7. The average molecular weight is 480 g/mol. The number of carbonyl (C=O) groups excluding carboxylic acids is 2. The van der Waals surface area contributed by atoms with Gasteiger partial charge in [0.1, 0.15) is 16.5 Å². The number of nitrogens with zero attached hydrogens (tertiary/aromatic N) is 5. The van der Waals surface area contributed by atoms with Crippen molar-refractivity contribution in [3.8, 4) is 0 Å². The lowest BCUT2D eigenvalue weighted by Gasteiger charge is -2.23. The number of amides is 1. The number of rotatable bonds is 5. The first-order valence-electron chi connectivity index (χ1n) is 11.9. The van der Waals surface area contributed by atoms with Gasteiger partial charge in [0.15, 0.2) is 0 Å². The molecule has 0 unspecified atom stereocenters. The van der Waals surface area contributed by atoms with Gasteiger partial charge in [0, 0.05) is 43.7 Å². The molecule has 0 aromatic carbocycles. The van der Waals surface area contributed by atoms with Crippen molar-refractivity contribution in [2.24, 2.45) is 0 Å². The largest absolute Gasteiger partial charge is 0.462 e. The number of fused-ring (bicyclic) bond motifs is 1. The Kier molecular flexibility index (Phi) is 6.20. The van der Waals surface area contributed by atoms with Crippen molar-refractivity contribution in [1.82, 2.24) is 19.9 Å². The zero-order chi connectivity index (χ0) is 23.8. The highest BCUT2D eigenvalue weighted by Gasteiger charge is 2.30. The zero-order valence-electron chi connectivity index (χ0n) is 19.8. The van der Waals surface area contributed by atoms with E-state index in [-0.39, 0.29) is 11.9 Å². The predicted molar refractivity (Wildman–Crippen MR) is 132 cm³/mol. The fourth-order valence-corrected chi connectivity index (χ4v) is 5.70. The summed E-state index contributed by atoms with van der Waals surface area (Å²) in [4.78, 5) is 45.2. The molecule has 9 heteroatoms. The van der Waals surface area contributed by atoms with Crippen molar-refractivity contribution in [2.75, 3.05) is 37.7 Å². The first kappa shape index (κ1) is 22.7. The van der Waals surface area contributed by atoms with Crippen LogP contribution in [0, 0.1) is 13.8 Å². The molecule has 0 spiro atoms. The van der Waals surface area contributed by atoms with Crippen molar-refractivity contribution in [3.05, 3.63) is 45.9 Å². The maximum Gasteiger partial charge on any atom is 0.339 e. The van der Waals surface area contributed by atoms with E-state index in [1.165, 1.54) is 11.3 Å². The van der Waals surface area contributed by atoms with Crippen LogP contribution >= 0.6 is 11.3 Å². The molecule has 2 fully saturated rings. The summed E-state index contributed by atoms with van der Waals surface area (Å²) in [6.07, 6.45) is 4.72. The minimum Gasteiger partial charge on any atom is -0.462 e. The molecule has 178 valence electrons. The summed E-state index contributed by atoms with van der Waals surface area (Å²) < 4.78 is 5.03. The van der Waals surface area contributed by atoms with Crippen molar-refractivity contribution in [2.45, 2.75) is 46.0 Å². The summed E-state index contributed by atoms with van der Waals surface area (Å²) in [6.45, 7) is 8.95. The van der Waals surface area contributed by atoms with Gasteiger partial charge in [-0.15, -0.1) is 11.3 Å². The van der Waals surface area contributed by atoms with Gasteiger partial charge in [0.25, 0.3) is 5.91 Å². The van der Waals surface area contributed by atoms with Gasteiger partial charge < -0.3 is 14.5 Å². The molecule has 1 aliphatic carbocycles.